The molecule has 3 fully saturated rings. The minimum Gasteiger partial charge on any atom is -0.394 e. The summed E-state index contributed by atoms with van der Waals surface area (Å²) in [5.74, 6) is -0.283. The predicted molar refractivity (Wildman–Crippen MR) is 425 cm³/mol. The number of hydrogen-bond acceptors (Lipinski definition) is 18. The first-order chi connectivity index (χ1) is 51.8. The Morgan fingerprint density at radius 3 is 1.01 bits per heavy atom. The molecule has 3 aliphatic rings. The van der Waals surface area contributed by atoms with E-state index in [1.54, 1.807) is 6.08 Å². The molecule has 0 aromatic rings. The van der Waals surface area contributed by atoms with Crippen LogP contribution < -0.4 is 5.32 Å². The molecule has 106 heavy (non-hydrogen) atoms. The maximum Gasteiger partial charge on any atom is 0.220 e. The van der Waals surface area contributed by atoms with Gasteiger partial charge in [0.05, 0.1) is 38.6 Å². The summed E-state index contributed by atoms with van der Waals surface area (Å²) in [6.07, 6.45) is 60.8. The monoisotopic (exact) mass is 1510 g/mol. The molecule has 3 aliphatic heterocycles. The summed E-state index contributed by atoms with van der Waals surface area (Å²) >= 11 is 0. The molecule has 3 saturated heterocycles. The van der Waals surface area contributed by atoms with E-state index >= 15 is 0 Å². The van der Waals surface area contributed by atoms with Crippen LogP contribution in [0, 0.1) is 0 Å². The highest BCUT2D eigenvalue weighted by molar-refractivity contribution is 5.76. The van der Waals surface area contributed by atoms with E-state index in [9.17, 15) is 61.0 Å². The highest BCUT2D eigenvalue weighted by Gasteiger charge is 2.54. The van der Waals surface area contributed by atoms with Gasteiger partial charge in [0, 0.05) is 6.42 Å². The van der Waals surface area contributed by atoms with Gasteiger partial charge >= 0.3 is 0 Å². The number of amides is 1. The van der Waals surface area contributed by atoms with Crippen molar-refractivity contribution in [2.24, 2.45) is 0 Å². The molecular weight excluding hydrogens is 1350 g/mol. The van der Waals surface area contributed by atoms with Gasteiger partial charge < -0.3 is 89.9 Å². The van der Waals surface area contributed by atoms with Crippen LogP contribution in [0.4, 0.5) is 0 Å². The van der Waals surface area contributed by atoms with E-state index in [1.807, 2.05) is 6.08 Å². The Morgan fingerprint density at radius 1 is 0.340 bits per heavy atom. The number of nitrogens with one attached hydrogen (secondary N) is 1. The zero-order valence-corrected chi connectivity index (χ0v) is 66.7. The fraction of sp³-hybridized carbons (Fsp3) is 0.874. The van der Waals surface area contributed by atoms with Crippen molar-refractivity contribution in [1.29, 1.82) is 0 Å². The molecule has 3 rings (SSSR count). The summed E-state index contributed by atoms with van der Waals surface area (Å²) in [5.41, 5.74) is 0. The van der Waals surface area contributed by atoms with Crippen LogP contribution in [-0.4, -0.2) is 193 Å². The Labute approximate surface area is 643 Å². The summed E-state index contributed by atoms with van der Waals surface area (Å²) in [6.45, 7) is 1.76. The number of aliphatic hydroxyl groups is 11. The fourth-order valence-electron chi connectivity index (χ4n) is 14.6. The van der Waals surface area contributed by atoms with Crippen molar-refractivity contribution >= 4 is 5.91 Å². The summed E-state index contributed by atoms with van der Waals surface area (Å²) in [5, 5.41) is 121. The zero-order valence-electron chi connectivity index (χ0n) is 66.7. The molecule has 1 amide bonds. The first kappa shape index (κ1) is 97.7. The van der Waals surface area contributed by atoms with Crippen LogP contribution in [0.25, 0.3) is 0 Å². The number of rotatable bonds is 70. The van der Waals surface area contributed by atoms with Crippen molar-refractivity contribution in [2.45, 2.75) is 458 Å². The van der Waals surface area contributed by atoms with E-state index in [0.29, 0.717) is 12.8 Å². The van der Waals surface area contributed by atoms with Crippen molar-refractivity contribution in [2.75, 3.05) is 26.4 Å². The molecule has 0 aliphatic carbocycles. The smallest absolute Gasteiger partial charge is 0.220 e. The van der Waals surface area contributed by atoms with Crippen molar-refractivity contribution in [3.63, 3.8) is 0 Å². The first-order valence-corrected chi connectivity index (χ1v) is 43.5. The van der Waals surface area contributed by atoms with E-state index in [4.69, 9.17) is 28.4 Å². The van der Waals surface area contributed by atoms with Crippen molar-refractivity contribution in [1.82, 2.24) is 5.32 Å². The SMILES string of the molecule is CCCCCCC/C=C\C/C=C\C/C=C\CCCCCCCCCCCCCCCCC(=O)NC(COC1OC(CO)C(OC2OC(CO)C(OC3OC(CO)C(O)C(O)C3O)C(O)C2O)C(O)C1O)C(O)/C=C/CC/C=C/CCCCCCCCCCCCCCCCCCCCCCCCCCCC. The third-order valence-electron chi connectivity index (χ3n) is 21.5. The molecule has 17 unspecified atom stereocenters. The lowest BCUT2D eigenvalue weighted by molar-refractivity contribution is -0.379. The number of ether oxygens (including phenoxy) is 6. The van der Waals surface area contributed by atoms with Gasteiger partial charge in [-0.2, -0.15) is 0 Å². The van der Waals surface area contributed by atoms with Crippen LogP contribution in [0.5, 0.6) is 0 Å². The van der Waals surface area contributed by atoms with Crippen LogP contribution in [0.15, 0.2) is 60.8 Å². The number of allylic oxidation sites excluding steroid dienone is 9. The number of carbonyl (C=O) groups is 1. The normalized spacial score (nSPS) is 25.9. The van der Waals surface area contributed by atoms with Gasteiger partial charge in [0.1, 0.15) is 73.2 Å². The molecule has 12 N–H and O–H groups in total. The van der Waals surface area contributed by atoms with Crippen LogP contribution in [0.3, 0.4) is 0 Å². The Kier molecular flexibility index (Phi) is 61.8. The second kappa shape index (κ2) is 67.0. The lowest BCUT2D eigenvalue weighted by Gasteiger charge is -2.48. The molecular formula is C87H159NO18. The largest absolute Gasteiger partial charge is 0.394 e. The first-order valence-electron chi connectivity index (χ1n) is 43.5. The van der Waals surface area contributed by atoms with E-state index in [2.05, 4.69) is 67.8 Å². The third kappa shape index (κ3) is 45.9. The van der Waals surface area contributed by atoms with Crippen LogP contribution in [0.2, 0.25) is 0 Å². The third-order valence-corrected chi connectivity index (χ3v) is 21.5. The number of unbranched alkanes of at least 4 members (excludes halogenated alkanes) is 46. The van der Waals surface area contributed by atoms with Gasteiger partial charge in [0.15, 0.2) is 18.9 Å². The maximum atomic E-state index is 13.5. The number of hydrogen-bond donors (Lipinski definition) is 12. The zero-order chi connectivity index (χ0) is 76.7. The molecule has 3 heterocycles. The predicted octanol–water partition coefficient (Wildman–Crippen LogP) is 15.8. The van der Waals surface area contributed by atoms with Gasteiger partial charge in [0.25, 0.3) is 0 Å². The topological polar surface area (TPSA) is 307 Å². The fourth-order valence-corrected chi connectivity index (χ4v) is 14.6. The lowest BCUT2D eigenvalue weighted by Crippen LogP contribution is -2.66. The summed E-state index contributed by atoms with van der Waals surface area (Å²) in [6, 6.07) is -0.995. The molecule has 0 aromatic heterocycles. The maximum absolute atomic E-state index is 13.5. The van der Waals surface area contributed by atoms with Crippen molar-refractivity contribution in [3.05, 3.63) is 60.8 Å². The van der Waals surface area contributed by atoms with Gasteiger partial charge in [-0.1, -0.05) is 338 Å². The Morgan fingerprint density at radius 2 is 0.632 bits per heavy atom. The summed E-state index contributed by atoms with van der Waals surface area (Å²) < 4.78 is 34.5. The van der Waals surface area contributed by atoms with Gasteiger partial charge in [-0.3, -0.25) is 4.79 Å². The highest BCUT2D eigenvalue weighted by atomic mass is 16.8. The van der Waals surface area contributed by atoms with Crippen molar-refractivity contribution in [3.8, 4) is 0 Å². The second-order valence-corrected chi connectivity index (χ2v) is 31.0. The molecule has 620 valence electrons. The minimum atomic E-state index is -1.98. The molecule has 19 nitrogen and oxygen atoms in total. The average molecular weight is 1510 g/mol. The average Bonchev–Trinajstić information content (AvgIpc) is 0.781. The Balaban J connectivity index is 1.36. The van der Waals surface area contributed by atoms with Gasteiger partial charge in [-0.25, -0.2) is 0 Å². The number of aliphatic hydroxyl groups excluding tert-OH is 11. The molecule has 0 saturated carbocycles. The van der Waals surface area contributed by atoms with Crippen molar-refractivity contribution < 1.29 is 89.4 Å². The summed E-state index contributed by atoms with van der Waals surface area (Å²) in [7, 11) is 0. The quantitative estimate of drug-likeness (QED) is 0.0199. The Hall–Kier alpha value is -2.51. The van der Waals surface area contributed by atoms with Gasteiger partial charge in [-0.05, 0) is 70.6 Å². The molecule has 19 heteroatoms. The Bertz CT molecular complexity index is 2150. The van der Waals surface area contributed by atoms with Gasteiger partial charge in [0.2, 0.25) is 5.91 Å². The van der Waals surface area contributed by atoms with Crippen LogP contribution in [0.1, 0.15) is 354 Å². The second-order valence-electron chi connectivity index (χ2n) is 31.0. The molecule has 0 bridgehead atoms. The molecule has 0 spiro atoms. The van der Waals surface area contributed by atoms with Crippen LogP contribution in [-0.2, 0) is 33.2 Å². The lowest BCUT2D eigenvalue weighted by atomic mass is 9.96. The summed E-state index contributed by atoms with van der Waals surface area (Å²) in [4.78, 5) is 13.5. The van der Waals surface area contributed by atoms with E-state index in [-0.39, 0.29) is 18.9 Å². The molecule has 0 aromatic carbocycles. The minimum absolute atomic E-state index is 0.234. The van der Waals surface area contributed by atoms with E-state index in [1.165, 1.54) is 270 Å². The number of carbonyl (C=O) groups excluding carboxylic acids is 1. The highest BCUT2D eigenvalue weighted by Crippen LogP contribution is 2.33. The standard InChI is InChI=1S/C87H159NO18/c1-3-5-7-9-11-13-15-17-19-21-23-25-27-29-31-33-34-35-37-38-40-42-44-46-48-50-52-54-56-58-60-62-64-71(92)70(88-75(93)65-63-61-59-57-55-53-51-49-47-45-43-41-39-36-32-30-28-26-24-22-20-18-16-14-12-10-8-6-4-2)69-101-85-81(99)78(96)83(73(67-90)103-85)106-87-82(100)79(97)84(74(68-91)104-87)105-86-80(98)77(95)76(94)72(66-89)102-86/h16,18,22,24,28,30,54,56,62,64,70-74,76-87,89-92,94-100H,3-15,17,19-21,23,25-27,29,31-53,55,57-61,63,65-69H2,1-2H3,(H,88,93)/b18-16-,24-22-,30-28-,56-54+,64-62+. The van der Waals surface area contributed by atoms with Crippen LogP contribution >= 0.6 is 0 Å². The van der Waals surface area contributed by atoms with E-state index < -0.39 is 124 Å². The molecule has 17 atom stereocenters. The van der Waals surface area contributed by atoms with E-state index in [0.717, 1.165) is 51.4 Å². The molecule has 0 radical (unpaired) electrons. The van der Waals surface area contributed by atoms with Gasteiger partial charge in [-0.15, -0.1) is 0 Å².